The van der Waals surface area contributed by atoms with Crippen LogP contribution in [0.15, 0.2) is 72.5 Å². The van der Waals surface area contributed by atoms with Crippen molar-refractivity contribution in [3.63, 3.8) is 0 Å². The fraction of sp³-hybridized carbons (Fsp3) is 0.0556. The number of benzene rings is 1. The molecule has 28 heavy (non-hydrogen) atoms. The first-order chi connectivity index (χ1) is 13.7. The molecule has 0 saturated heterocycles. The van der Waals surface area contributed by atoms with Gasteiger partial charge < -0.3 is 5.32 Å². The Balaban J connectivity index is 1.37. The maximum Gasteiger partial charge on any atom is 0.234 e. The van der Waals surface area contributed by atoms with Gasteiger partial charge in [-0.15, -0.1) is 10.2 Å². The van der Waals surface area contributed by atoms with Crippen molar-refractivity contribution in [3.05, 3.63) is 72.4 Å². The Morgan fingerprint density at radius 1 is 1.21 bits per heavy atom. The highest BCUT2D eigenvalue weighted by molar-refractivity contribution is 7.99. The van der Waals surface area contributed by atoms with Crippen molar-refractivity contribution >= 4 is 35.0 Å². The number of amides is 1. The predicted molar refractivity (Wildman–Crippen MR) is 107 cm³/mol. The van der Waals surface area contributed by atoms with E-state index in [1.54, 1.807) is 52.4 Å². The number of carbonyl (C=O) groups is 1. The molecule has 140 valence electrons. The lowest BCUT2D eigenvalue weighted by atomic mass is 10.3. The number of aromatic nitrogens is 6. The maximum atomic E-state index is 12.3. The third kappa shape index (κ3) is 4.21. The summed E-state index contributed by atoms with van der Waals surface area (Å²) in [6.45, 7) is 0. The lowest BCUT2D eigenvalue weighted by Gasteiger charge is -2.08. The summed E-state index contributed by atoms with van der Waals surface area (Å²) < 4.78 is 3.42. The smallest absolute Gasteiger partial charge is 0.234 e. The van der Waals surface area contributed by atoms with Crippen LogP contribution >= 0.6 is 23.4 Å². The number of nitrogens with one attached hydrogen (secondary N) is 1. The fourth-order valence-corrected chi connectivity index (χ4v) is 3.37. The van der Waals surface area contributed by atoms with Crippen LogP contribution in [0.4, 0.5) is 5.69 Å². The van der Waals surface area contributed by atoms with E-state index >= 15 is 0 Å². The van der Waals surface area contributed by atoms with Crippen molar-refractivity contribution in [2.45, 2.75) is 5.16 Å². The van der Waals surface area contributed by atoms with E-state index in [4.69, 9.17) is 11.6 Å². The first-order valence-electron chi connectivity index (χ1n) is 8.24. The molecule has 3 heterocycles. The molecule has 10 heteroatoms. The number of halogens is 1. The van der Waals surface area contributed by atoms with E-state index in [2.05, 4.69) is 25.6 Å². The summed E-state index contributed by atoms with van der Waals surface area (Å²) in [6.07, 6.45) is 6.65. The summed E-state index contributed by atoms with van der Waals surface area (Å²) in [5.41, 5.74) is 1.44. The Kier molecular flexibility index (Phi) is 5.36. The van der Waals surface area contributed by atoms with E-state index in [-0.39, 0.29) is 11.7 Å². The number of anilines is 1. The fourth-order valence-electron chi connectivity index (χ4n) is 2.45. The van der Waals surface area contributed by atoms with Crippen LogP contribution in [0.1, 0.15) is 0 Å². The largest absolute Gasteiger partial charge is 0.324 e. The minimum absolute atomic E-state index is 0.167. The SMILES string of the molecule is O=C(CSc1nncn1-c1cccc(Cl)c1)Nc1ccc(-n2cccn2)nc1. The second-order valence-corrected chi connectivity index (χ2v) is 7.03. The molecular weight excluding hydrogens is 398 g/mol. The standard InChI is InChI=1S/C18H14ClN7OS/c19-13-3-1-4-15(9-13)25-12-21-24-18(25)28-11-17(27)23-14-5-6-16(20-10-14)26-8-2-7-22-26/h1-10,12H,11H2,(H,23,27). The number of hydrogen-bond donors (Lipinski definition) is 1. The Morgan fingerprint density at radius 3 is 2.89 bits per heavy atom. The number of pyridine rings is 1. The van der Waals surface area contributed by atoms with Crippen LogP contribution in [-0.4, -0.2) is 41.2 Å². The molecule has 3 aromatic heterocycles. The van der Waals surface area contributed by atoms with Crippen LogP contribution < -0.4 is 5.32 Å². The highest BCUT2D eigenvalue weighted by Gasteiger charge is 2.11. The Bertz CT molecular complexity index is 1080. The minimum Gasteiger partial charge on any atom is -0.324 e. The van der Waals surface area contributed by atoms with Gasteiger partial charge >= 0.3 is 0 Å². The van der Waals surface area contributed by atoms with Gasteiger partial charge in [0.05, 0.1) is 23.3 Å². The van der Waals surface area contributed by atoms with Gasteiger partial charge in [0.2, 0.25) is 5.91 Å². The lowest BCUT2D eigenvalue weighted by Crippen LogP contribution is -2.15. The summed E-state index contributed by atoms with van der Waals surface area (Å²) in [5, 5.41) is 16.1. The quantitative estimate of drug-likeness (QED) is 0.490. The van der Waals surface area contributed by atoms with Gasteiger partial charge in [0.1, 0.15) is 6.33 Å². The molecule has 1 amide bonds. The van der Waals surface area contributed by atoms with Gasteiger partial charge in [0.15, 0.2) is 11.0 Å². The third-order valence-corrected chi connectivity index (χ3v) is 4.88. The molecular formula is C18H14ClN7OS. The zero-order valence-corrected chi connectivity index (χ0v) is 16.0. The van der Waals surface area contributed by atoms with E-state index in [1.165, 1.54) is 11.8 Å². The maximum absolute atomic E-state index is 12.3. The van der Waals surface area contributed by atoms with E-state index < -0.39 is 0 Å². The van der Waals surface area contributed by atoms with Crippen molar-refractivity contribution in [2.75, 3.05) is 11.1 Å². The van der Waals surface area contributed by atoms with E-state index in [0.29, 0.717) is 21.7 Å². The van der Waals surface area contributed by atoms with Crippen molar-refractivity contribution in [2.24, 2.45) is 0 Å². The molecule has 0 aliphatic rings. The van der Waals surface area contributed by atoms with Gasteiger partial charge in [-0.05, 0) is 36.4 Å². The molecule has 0 atom stereocenters. The van der Waals surface area contributed by atoms with Crippen molar-refractivity contribution in [1.29, 1.82) is 0 Å². The topological polar surface area (TPSA) is 90.5 Å². The molecule has 0 aliphatic heterocycles. The lowest BCUT2D eigenvalue weighted by molar-refractivity contribution is -0.113. The van der Waals surface area contributed by atoms with Gasteiger partial charge in [0.25, 0.3) is 0 Å². The first kappa shape index (κ1) is 18.2. The van der Waals surface area contributed by atoms with Gasteiger partial charge in [-0.2, -0.15) is 5.10 Å². The van der Waals surface area contributed by atoms with Gasteiger partial charge in [0, 0.05) is 17.4 Å². The second kappa shape index (κ2) is 8.24. The number of carbonyl (C=O) groups excluding carboxylic acids is 1. The van der Waals surface area contributed by atoms with E-state index in [9.17, 15) is 4.79 Å². The highest BCUT2D eigenvalue weighted by atomic mass is 35.5. The van der Waals surface area contributed by atoms with Crippen molar-refractivity contribution in [3.8, 4) is 11.5 Å². The molecule has 4 rings (SSSR count). The molecule has 0 unspecified atom stereocenters. The Hall–Kier alpha value is -3.17. The molecule has 0 aliphatic carbocycles. The molecule has 0 spiro atoms. The second-order valence-electron chi connectivity index (χ2n) is 5.66. The predicted octanol–water partition coefficient (Wildman–Crippen LogP) is 3.23. The monoisotopic (exact) mass is 411 g/mol. The van der Waals surface area contributed by atoms with E-state index in [1.807, 2.05) is 24.3 Å². The molecule has 0 fully saturated rings. The first-order valence-corrected chi connectivity index (χ1v) is 9.60. The van der Waals surface area contributed by atoms with E-state index in [0.717, 1.165) is 5.69 Å². The Labute approximate surface area is 169 Å². The van der Waals surface area contributed by atoms with Crippen molar-refractivity contribution in [1.82, 2.24) is 29.5 Å². The average molecular weight is 412 g/mol. The number of hydrogen-bond acceptors (Lipinski definition) is 6. The van der Waals surface area contributed by atoms with Crippen LogP contribution in [0.3, 0.4) is 0 Å². The molecule has 0 saturated carbocycles. The summed E-state index contributed by atoms with van der Waals surface area (Å²) in [4.78, 5) is 16.6. The van der Waals surface area contributed by atoms with Crippen molar-refractivity contribution < 1.29 is 4.79 Å². The zero-order chi connectivity index (χ0) is 19.3. The summed E-state index contributed by atoms with van der Waals surface area (Å²) in [5.74, 6) is 0.687. The van der Waals surface area contributed by atoms with Crippen LogP contribution in [0, 0.1) is 0 Å². The van der Waals surface area contributed by atoms with Gasteiger partial charge in [-0.1, -0.05) is 29.4 Å². The summed E-state index contributed by atoms with van der Waals surface area (Å²) in [7, 11) is 0. The average Bonchev–Trinajstić information content (AvgIpc) is 3.39. The summed E-state index contributed by atoms with van der Waals surface area (Å²) >= 11 is 7.32. The minimum atomic E-state index is -0.167. The van der Waals surface area contributed by atoms with Crippen LogP contribution in [0.5, 0.6) is 0 Å². The third-order valence-electron chi connectivity index (χ3n) is 3.71. The number of rotatable bonds is 6. The molecule has 1 aromatic carbocycles. The molecule has 1 N–H and O–H groups in total. The zero-order valence-electron chi connectivity index (χ0n) is 14.4. The highest BCUT2D eigenvalue weighted by Crippen LogP contribution is 2.22. The van der Waals surface area contributed by atoms with Gasteiger partial charge in [-0.25, -0.2) is 9.67 Å². The molecule has 0 radical (unpaired) electrons. The van der Waals surface area contributed by atoms with Crippen LogP contribution in [0.2, 0.25) is 5.02 Å². The summed E-state index contributed by atoms with van der Waals surface area (Å²) in [6, 6.07) is 12.7. The van der Waals surface area contributed by atoms with Crippen LogP contribution in [-0.2, 0) is 4.79 Å². The Morgan fingerprint density at radius 2 is 2.14 bits per heavy atom. The van der Waals surface area contributed by atoms with Gasteiger partial charge in [-0.3, -0.25) is 9.36 Å². The molecule has 0 bridgehead atoms. The normalized spacial score (nSPS) is 10.8. The van der Waals surface area contributed by atoms with Crippen LogP contribution in [0.25, 0.3) is 11.5 Å². The molecule has 4 aromatic rings. The molecule has 8 nitrogen and oxygen atoms in total. The number of nitrogens with zero attached hydrogens (tertiary/aromatic N) is 6. The number of thioether (sulfide) groups is 1.